The summed E-state index contributed by atoms with van der Waals surface area (Å²) in [7, 11) is 1.57. The van der Waals surface area contributed by atoms with Gasteiger partial charge in [0.1, 0.15) is 6.54 Å². The molecule has 8 heteroatoms. The SMILES string of the molecule is CCOc1ccc(-c2noc(Cn3nc(-c4ccccc4)c4ccccc4c3=O)n2)cc1OC. The zero-order valence-electron chi connectivity index (χ0n) is 18.8. The summed E-state index contributed by atoms with van der Waals surface area (Å²) in [6.07, 6.45) is 0. The molecule has 0 spiro atoms. The molecule has 5 aromatic rings. The Kier molecular flexibility index (Phi) is 5.78. The minimum atomic E-state index is -0.224. The van der Waals surface area contributed by atoms with Crippen molar-refractivity contribution in [2.75, 3.05) is 13.7 Å². The van der Waals surface area contributed by atoms with Gasteiger partial charge in [-0.1, -0.05) is 53.7 Å². The molecule has 5 rings (SSSR count). The Balaban J connectivity index is 1.52. The molecule has 0 unspecified atom stereocenters. The van der Waals surface area contributed by atoms with Gasteiger partial charge in [0.2, 0.25) is 11.7 Å². The summed E-state index contributed by atoms with van der Waals surface area (Å²) in [5, 5.41) is 10.1. The van der Waals surface area contributed by atoms with E-state index >= 15 is 0 Å². The first kappa shape index (κ1) is 21.4. The van der Waals surface area contributed by atoms with Crippen LogP contribution in [0.2, 0.25) is 0 Å². The first-order chi connectivity index (χ1) is 16.7. The highest BCUT2D eigenvalue weighted by Crippen LogP contribution is 2.31. The van der Waals surface area contributed by atoms with Crippen LogP contribution in [-0.4, -0.2) is 33.6 Å². The van der Waals surface area contributed by atoms with E-state index in [0.29, 0.717) is 40.6 Å². The van der Waals surface area contributed by atoms with E-state index in [4.69, 9.17) is 14.0 Å². The monoisotopic (exact) mass is 454 g/mol. The summed E-state index contributed by atoms with van der Waals surface area (Å²) in [5.41, 5.74) is 2.11. The van der Waals surface area contributed by atoms with Crippen LogP contribution in [0.25, 0.3) is 33.4 Å². The molecule has 0 aliphatic carbocycles. The maximum absolute atomic E-state index is 13.2. The van der Waals surface area contributed by atoms with E-state index in [1.807, 2.05) is 61.5 Å². The lowest BCUT2D eigenvalue weighted by Crippen LogP contribution is -2.24. The van der Waals surface area contributed by atoms with Crippen molar-refractivity contribution in [3.05, 3.63) is 89.0 Å². The van der Waals surface area contributed by atoms with Gasteiger partial charge in [0.15, 0.2) is 11.5 Å². The van der Waals surface area contributed by atoms with Gasteiger partial charge in [-0.2, -0.15) is 10.1 Å². The topological polar surface area (TPSA) is 92.3 Å². The van der Waals surface area contributed by atoms with Crippen LogP contribution in [0.15, 0.2) is 82.1 Å². The lowest BCUT2D eigenvalue weighted by atomic mass is 10.1. The molecule has 34 heavy (non-hydrogen) atoms. The molecule has 0 aliphatic rings. The third-order valence-electron chi connectivity index (χ3n) is 5.39. The van der Waals surface area contributed by atoms with Crippen molar-refractivity contribution >= 4 is 10.8 Å². The van der Waals surface area contributed by atoms with Gasteiger partial charge in [-0.3, -0.25) is 4.79 Å². The molecule has 0 amide bonds. The molecule has 2 aromatic heterocycles. The van der Waals surface area contributed by atoms with Crippen molar-refractivity contribution in [2.45, 2.75) is 13.5 Å². The zero-order chi connectivity index (χ0) is 23.5. The summed E-state index contributed by atoms with van der Waals surface area (Å²) < 4.78 is 17.8. The molecule has 0 atom stereocenters. The van der Waals surface area contributed by atoms with Crippen LogP contribution >= 0.6 is 0 Å². The third-order valence-corrected chi connectivity index (χ3v) is 5.39. The lowest BCUT2D eigenvalue weighted by Gasteiger charge is -2.10. The molecule has 0 N–H and O–H groups in total. The van der Waals surface area contributed by atoms with Crippen molar-refractivity contribution in [3.8, 4) is 34.1 Å². The molecule has 0 saturated heterocycles. The Hall–Kier alpha value is -4.46. The molecule has 8 nitrogen and oxygen atoms in total. The Morgan fingerprint density at radius 3 is 2.44 bits per heavy atom. The largest absolute Gasteiger partial charge is 0.493 e. The lowest BCUT2D eigenvalue weighted by molar-refractivity contribution is 0.311. The molecule has 2 heterocycles. The molecule has 170 valence electrons. The molecule has 0 fully saturated rings. The average molecular weight is 454 g/mol. The minimum absolute atomic E-state index is 0.0463. The third kappa shape index (κ3) is 4.01. The van der Waals surface area contributed by atoms with Crippen LogP contribution in [0.3, 0.4) is 0 Å². The molecular weight excluding hydrogens is 432 g/mol. The Bertz CT molecular complexity index is 1510. The molecule has 3 aromatic carbocycles. The fourth-order valence-electron chi connectivity index (χ4n) is 3.80. The quantitative estimate of drug-likeness (QED) is 0.356. The Morgan fingerprint density at radius 1 is 0.912 bits per heavy atom. The predicted octanol–water partition coefficient (Wildman–Crippen LogP) is 4.57. The maximum Gasteiger partial charge on any atom is 0.275 e. The van der Waals surface area contributed by atoms with E-state index < -0.39 is 0 Å². The van der Waals surface area contributed by atoms with Crippen molar-refractivity contribution < 1.29 is 14.0 Å². The standard InChI is InChI=1S/C26H22N4O4/c1-3-33-21-14-13-18(15-22(21)32-2)25-27-23(34-29-25)16-30-26(31)20-12-8-7-11-19(20)24(28-30)17-9-5-4-6-10-17/h4-15H,3,16H2,1-2H3. The van der Waals surface area contributed by atoms with Gasteiger partial charge in [0, 0.05) is 16.5 Å². The number of hydrogen-bond acceptors (Lipinski definition) is 7. The minimum Gasteiger partial charge on any atom is -0.493 e. The van der Waals surface area contributed by atoms with E-state index in [1.165, 1.54) is 4.68 Å². The summed E-state index contributed by atoms with van der Waals surface area (Å²) in [4.78, 5) is 17.6. The van der Waals surface area contributed by atoms with Crippen molar-refractivity contribution in [1.29, 1.82) is 0 Å². The summed E-state index contributed by atoms with van der Waals surface area (Å²) >= 11 is 0. The van der Waals surface area contributed by atoms with Gasteiger partial charge in [0.05, 0.1) is 24.8 Å². The summed E-state index contributed by atoms with van der Waals surface area (Å²) in [6, 6.07) is 22.6. The summed E-state index contributed by atoms with van der Waals surface area (Å²) in [6.45, 7) is 2.48. The Labute approximate surface area is 195 Å². The van der Waals surface area contributed by atoms with E-state index in [-0.39, 0.29) is 18.0 Å². The maximum atomic E-state index is 13.2. The number of benzene rings is 3. The molecule has 0 radical (unpaired) electrons. The van der Waals surface area contributed by atoms with Gasteiger partial charge in [-0.05, 0) is 31.2 Å². The van der Waals surface area contributed by atoms with Crippen LogP contribution < -0.4 is 15.0 Å². The molecule has 0 saturated carbocycles. The van der Waals surface area contributed by atoms with Crippen molar-refractivity contribution in [1.82, 2.24) is 19.9 Å². The number of ether oxygens (including phenoxy) is 2. The van der Waals surface area contributed by atoms with E-state index in [9.17, 15) is 4.79 Å². The van der Waals surface area contributed by atoms with Crippen LogP contribution in [0.4, 0.5) is 0 Å². The van der Waals surface area contributed by atoms with Gasteiger partial charge < -0.3 is 14.0 Å². The molecular formula is C26H22N4O4. The van der Waals surface area contributed by atoms with Gasteiger partial charge in [-0.15, -0.1) is 0 Å². The van der Waals surface area contributed by atoms with Gasteiger partial charge >= 0.3 is 0 Å². The number of hydrogen-bond donors (Lipinski definition) is 0. The fraction of sp³-hybridized carbons (Fsp3) is 0.154. The number of nitrogens with zero attached hydrogens (tertiary/aromatic N) is 4. The highest BCUT2D eigenvalue weighted by Gasteiger charge is 2.16. The second-order valence-corrected chi connectivity index (χ2v) is 7.53. The number of methoxy groups -OCH3 is 1. The van der Waals surface area contributed by atoms with E-state index in [2.05, 4.69) is 15.2 Å². The van der Waals surface area contributed by atoms with Gasteiger partial charge in [0.25, 0.3) is 5.56 Å². The normalized spacial score (nSPS) is 11.0. The van der Waals surface area contributed by atoms with Crippen LogP contribution in [-0.2, 0) is 6.54 Å². The van der Waals surface area contributed by atoms with Crippen molar-refractivity contribution in [2.24, 2.45) is 0 Å². The van der Waals surface area contributed by atoms with E-state index in [0.717, 1.165) is 10.9 Å². The fourth-order valence-corrected chi connectivity index (χ4v) is 3.80. The average Bonchev–Trinajstić information content (AvgIpc) is 3.35. The first-order valence-electron chi connectivity index (χ1n) is 10.9. The van der Waals surface area contributed by atoms with Gasteiger partial charge in [-0.25, -0.2) is 4.68 Å². The Morgan fingerprint density at radius 2 is 1.68 bits per heavy atom. The van der Waals surface area contributed by atoms with Crippen LogP contribution in [0, 0.1) is 0 Å². The number of aromatic nitrogens is 4. The first-order valence-corrected chi connectivity index (χ1v) is 10.9. The number of fused-ring (bicyclic) bond motifs is 1. The zero-order valence-corrected chi connectivity index (χ0v) is 18.8. The highest BCUT2D eigenvalue weighted by molar-refractivity contribution is 5.93. The van der Waals surface area contributed by atoms with Crippen LogP contribution in [0.5, 0.6) is 11.5 Å². The number of rotatable bonds is 7. The second-order valence-electron chi connectivity index (χ2n) is 7.53. The van der Waals surface area contributed by atoms with E-state index in [1.54, 1.807) is 25.3 Å². The highest BCUT2D eigenvalue weighted by atomic mass is 16.5. The van der Waals surface area contributed by atoms with Crippen molar-refractivity contribution in [3.63, 3.8) is 0 Å². The van der Waals surface area contributed by atoms with Crippen LogP contribution in [0.1, 0.15) is 12.8 Å². The smallest absolute Gasteiger partial charge is 0.275 e. The molecule has 0 aliphatic heterocycles. The predicted molar refractivity (Wildman–Crippen MR) is 128 cm³/mol. The summed E-state index contributed by atoms with van der Waals surface area (Å²) in [5.74, 6) is 1.86. The molecule has 0 bridgehead atoms. The second kappa shape index (κ2) is 9.19.